The fourth-order valence-corrected chi connectivity index (χ4v) is 2.84. The Balaban J connectivity index is 1.62. The van der Waals surface area contributed by atoms with Crippen molar-refractivity contribution in [2.45, 2.75) is 19.8 Å². The normalized spacial score (nSPS) is 20.2. The van der Waals surface area contributed by atoms with Gasteiger partial charge in [0.15, 0.2) is 5.82 Å². The summed E-state index contributed by atoms with van der Waals surface area (Å²) in [5.41, 5.74) is 0. The van der Waals surface area contributed by atoms with Gasteiger partial charge in [-0.1, -0.05) is 11.6 Å². The maximum absolute atomic E-state index is 6.25. The number of nitrogens with zero attached hydrogens (tertiary/aromatic N) is 4. The molecule has 1 N–H and O–H groups in total. The van der Waals surface area contributed by atoms with Crippen molar-refractivity contribution in [3.8, 4) is 0 Å². The van der Waals surface area contributed by atoms with Crippen molar-refractivity contribution in [3.63, 3.8) is 0 Å². The number of halogens is 1. The van der Waals surface area contributed by atoms with Crippen molar-refractivity contribution < 1.29 is 0 Å². The molecule has 1 aromatic heterocycles. The van der Waals surface area contributed by atoms with Gasteiger partial charge in [0.2, 0.25) is 5.95 Å². The summed E-state index contributed by atoms with van der Waals surface area (Å²) in [6.07, 6.45) is 4.53. The third-order valence-electron chi connectivity index (χ3n) is 3.95. The van der Waals surface area contributed by atoms with Crippen molar-refractivity contribution in [3.05, 3.63) is 11.2 Å². The van der Waals surface area contributed by atoms with Crippen molar-refractivity contribution in [1.29, 1.82) is 0 Å². The van der Waals surface area contributed by atoms with Gasteiger partial charge in [0, 0.05) is 39.3 Å². The second-order valence-corrected chi connectivity index (χ2v) is 6.03. The van der Waals surface area contributed by atoms with E-state index in [1.54, 1.807) is 6.20 Å². The summed E-state index contributed by atoms with van der Waals surface area (Å²) in [5, 5.41) is 3.78. The Labute approximate surface area is 125 Å². The number of rotatable bonds is 5. The fourth-order valence-electron chi connectivity index (χ4n) is 2.63. The highest BCUT2D eigenvalue weighted by molar-refractivity contribution is 6.32. The lowest BCUT2D eigenvalue weighted by Crippen LogP contribution is -2.47. The van der Waals surface area contributed by atoms with Crippen LogP contribution in [0.1, 0.15) is 19.8 Å². The van der Waals surface area contributed by atoms with Crippen LogP contribution in [0.2, 0.25) is 5.02 Å². The third kappa shape index (κ3) is 3.33. The molecule has 0 spiro atoms. The van der Waals surface area contributed by atoms with Crippen LogP contribution in [0.15, 0.2) is 6.20 Å². The van der Waals surface area contributed by atoms with Gasteiger partial charge in [-0.05, 0) is 25.7 Å². The molecule has 0 aromatic carbocycles. The van der Waals surface area contributed by atoms with Gasteiger partial charge in [0.05, 0.1) is 6.20 Å². The predicted octanol–water partition coefficient (Wildman–Crippen LogP) is 2.09. The molecular formula is C14H22ClN5. The third-order valence-corrected chi connectivity index (χ3v) is 4.21. The first-order valence-electron chi connectivity index (χ1n) is 7.50. The Bertz CT molecular complexity index is 455. The molecule has 0 radical (unpaired) electrons. The van der Waals surface area contributed by atoms with Gasteiger partial charge in [-0.2, -0.15) is 4.98 Å². The number of hydrogen-bond donors (Lipinski definition) is 1. The van der Waals surface area contributed by atoms with Crippen LogP contribution in [0.3, 0.4) is 0 Å². The number of hydrogen-bond acceptors (Lipinski definition) is 5. The molecule has 0 amide bonds. The highest BCUT2D eigenvalue weighted by Crippen LogP contribution is 2.30. The van der Waals surface area contributed by atoms with Gasteiger partial charge in [-0.25, -0.2) is 4.98 Å². The molecule has 5 nitrogen and oxygen atoms in total. The van der Waals surface area contributed by atoms with Crippen LogP contribution < -0.4 is 10.2 Å². The largest absolute Gasteiger partial charge is 0.354 e. The second kappa shape index (κ2) is 6.14. The summed E-state index contributed by atoms with van der Waals surface area (Å²) in [7, 11) is 0. The van der Waals surface area contributed by atoms with E-state index in [-0.39, 0.29) is 0 Å². The maximum atomic E-state index is 6.25. The van der Waals surface area contributed by atoms with E-state index in [1.807, 2.05) is 6.92 Å². The van der Waals surface area contributed by atoms with E-state index in [1.165, 1.54) is 19.4 Å². The minimum absolute atomic E-state index is 0.641. The van der Waals surface area contributed by atoms with Crippen molar-refractivity contribution in [1.82, 2.24) is 14.9 Å². The topological polar surface area (TPSA) is 44.3 Å². The molecule has 6 heteroatoms. The maximum Gasteiger partial charge on any atom is 0.224 e. The van der Waals surface area contributed by atoms with E-state index in [0.29, 0.717) is 11.0 Å². The van der Waals surface area contributed by atoms with Crippen LogP contribution in [-0.2, 0) is 0 Å². The molecule has 0 atom stereocenters. The standard InChI is InChI=1S/C14H22ClN5/c1-2-16-14-17-9-12(15)13(18-14)20-7-5-19(6-8-20)10-11-3-4-11/h9,11H,2-8,10H2,1H3,(H,16,17,18). The second-order valence-electron chi connectivity index (χ2n) is 5.63. The highest BCUT2D eigenvalue weighted by Gasteiger charge is 2.27. The minimum Gasteiger partial charge on any atom is -0.354 e. The Hall–Kier alpha value is -1.07. The molecule has 1 aliphatic carbocycles. The summed E-state index contributed by atoms with van der Waals surface area (Å²) in [6, 6.07) is 0. The van der Waals surface area contributed by atoms with E-state index in [4.69, 9.17) is 11.6 Å². The van der Waals surface area contributed by atoms with Gasteiger partial charge in [-0.15, -0.1) is 0 Å². The highest BCUT2D eigenvalue weighted by atomic mass is 35.5. The molecule has 1 saturated heterocycles. The van der Waals surface area contributed by atoms with E-state index in [0.717, 1.165) is 44.5 Å². The van der Waals surface area contributed by atoms with Gasteiger partial charge in [0.25, 0.3) is 0 Å². The first-order valence-corrected chi connectivity index (χ1v) is 7.87. The molecule has 0 bridgehead atoms. The number of aromatic nitrogens is 2. The van der Waals surface area contributed by atoms with E-state index in [9.17, 15) is 0 Å². The molecule has 2 aliphatic rings. The summed E-state index contributed by atoms with van der Waals surface area (Å²) in [4.78, 5) is 13.6. The van der Waals surface area contributed by atoms with Crippen LogP contribution in [0.5, 0.6) is 0 Å². The van der Waals surface area contributed by atoms with Gasteiger partial charge < -0.3 is 10.2 Å². The number of anilines is 2. The smallest absolute Gasteiger partial charge is 0.224 e. The molecule has 1 aliphatic heterocycles. The molecule has 0 unspecified atom stereocenters. The van der Waals surface area contributed by atoms with Crippen LogP contribution in [0.25, 0.3) is 0 Å². The SMILES string of the molecule is CCNc1ncc(Cl)c(N2CCN(CC3CC3)CC2)n1. The lowest BCUT2D eigenvalue weighted by molar-refractivity contribution is 0.247. The molecule has 3 rings (SSSR count). The Morgan fingerprint density at radius 3 is 2.70 bits per heavy atom. The van der Waals surface area contributed by atoms with Crippen molar-refractivity contribution in [2.75, 3.05) is 49.5 Å². The zero-order valence-electron chi connectivity index (χ0n) is 12.0. The van der Waals surface area contributed by atoms with Crippen LogP contribution in [-0.4, -0.2) is 54.1 Å². The molecule has 2 heterocycles. The van der Waals surface area contributed by atoms with Crippen molar-refractivity contribution >= 4 is 23.4 Å². The summed E-state index contributed by atoms with van der Waals surface area (Å²) in [5.74, 6) is 2.49. The quantitative estimate of drug-likeness (QED) is 0.901. The van der Waals surface area contributed by atoms with Gasteiger partial charge >= 0.3 is 0 Å². The average Bonchev–Trinajstić information content (AvgIpc) is 3.26. The zero-order chi connectivity index (χ0) is 13.9. The minimum atomic E-state index is 0.641. The molecule has 1 aromatic rings. The van der Waals surface area contributed by atoms with Crippen LogP contribution in [0, 0.1) is 5.92 Å². The van der Waals surface area contributed by atoms with E-state index in [2.05, 4.69) is 25.1 Å². The average molecular weight is 296 g/mol. The molecule has 1 saturated carbocycles. The molecule has 20 heavy (non-hydrogen) atoms. The van der Waals surface area contributed by atoms with E-state index < -0.39 is 0 Å². The lowest BCUT2D eigenvalue weighted by Gasteiger charge is -2.35. The van der Waals surface area contributed by atoms with Crippen molar-refractivity contribution in [2.24, 2.45) is 5.92 Å². The molecule has 2 fully saturated rings. The Morgan fingerprint density at radius 2 is 2.05 bits per heavy atom. The first kappa shape index (κ1) is 13.9. The summed E-state index contributed by atoms with van der Waals surface area (Å²) in [6.45, 7) is 8.32. The van der Waals surface area contributed by atoms with Gasteiger partial charge in [-0.3, -0.25) is 4.90 Å². The summed E-state index contributed by atoms with van der Waals surface area (Å²) >= 11 is 6.25. The lowest BCUT2D eigenvalue weighted by atomic mass is 10.3. The zero-order valence-corrected chi connectivity index (χ0v) is 12.7. The first-order chi connectivity index (χ1) is 9.76. The predicted molar refractivity (Wildman–Crippen MR) is 82.6 cm³/mol. The number of piperazine rings is 1. The fraction of sp³-hybridized carbons (Fsp3) is 0.714. The van der Waals surface area contributed by atoms with Crippen LogP contribution in [0.4, 0.5) is 11.8 Å². The monoisotopic (exact) mass is 295 g/mol. The Kier molecular flexibility index (Phi) is 4.27. The Morgan fingerprint density at radius 1 is 1.30 bits per heavy atom. The van der Waals surface area contributed by atoms with Gasteiger partial charge in [0.1, 0.15) is 5.02 Å². The molecule has 110 valence electrons. The summed E-state index contributed by atoms with van der Waals surface area (Å²) < 4.78 is 0. The molecular weight excluding hydrogens is 274 g/mol. The van der Waals surface area contributed by atoms with E-state index >= 15 is 0 Å². The number of nitrogens with one attached hydrogen (secondary N) is 1. The van der Waals surface area contributed by atoms with Crippen LogP contribution >= 0.6 is 11.6 Å².